The van der Waals surface area contributed by atoms with Gasteiger partial charge in [0, 0.05) is 30.2 Å². The molecule has 42 heavy (non-hydrogen) atoms. The largest absolute Gasteiger partial charge is 0.457 e. The number of carbonyl (C=O) groups is 3. The Bertz CT molecular complexity index is 1380. The molecule has 4 rings (SSSR count). The van der Waals surface area contributed by atoms with Crippen LogP contribution in [0, 0.1) is 11.8 Å². The molecule has 0 heterocycles. The molecule has 0 spiro atoms. The normalized spacial score (nSPS) is 19.8. The monoisotopic (exact) mass is 570 g/mol. The van der Waals surface area contributed by atoms with E-state index in [0.29, 0.717) is 31.2 Å². The summed E-state index contributed by atoms with van der Waals surface area (Å²) in [6.07, 6.45) is 12.0. The van der Waals surface area contributed by atoms with Crippen LogP contribution in [-0.2, 0) is 14.3 Å². The summed E-state index contributed by atoms with van der Waals surface area (Å²) >= 11 is 0. The first-order chi connectivity index (χ1) is 20.4. The number of Topliss-reactive ketones (excluding diaryl/α,β-unsaturated/α-hetero) is 2. The third-order valence-electron chi connectivity index (χ3n) is 8.11. The van der Waals surface area contributed by atoms with Crippen molar-refractivity contribution < 1.29 is 29.3 Å². The van der Waals surface area contributed by atoms with Crippen molar-refractivity contribution in [3.63, 3.8) is 0 Å². The number of ketones is 2. The van der Waals surface area contributed by atoms with Gasteiger partial charge in [0.15, 0.2) is 6.61 Å². The van der Waals surface area contributed by atoms with Crippen LogP contribution in [0.2, 0.25) is 0 Å². The van der Waals surface area contributed by atoms with E-state index in [-0.39, 0.29) is 42.9 Å². The summed E-state index contributed by atoms with van der Waals surface area (Å²) in [6.45, 7) is 1.81. The number of ether oxygens (including phenoxy) is 1. The average Bonchev–Trinajstić information content (AvgIpc) is 3.26. The van der Waals surface area contributed by atoms with E-state index in [2.05, 4.69) is 13.0 Å². The fraction of sp³-hybridized carbons (Fsp3) is 0.417. The van der Waals surface area contributed by atoms with Crippen LogP contribution in [0.5, 0.6) is 0 Å². The van der Waals surface area contributed by atoms with Gasteiger partial charge in [0.2, 0.25) is 5.78 Å². The van der Waals surface area contributed by atoms with Crippen molar-refractivity contribution in [1.82, 2.24) is 0 Å². The van der Waals surface area contributed by atoms with Gasteiger partial charge in [-0.2, -0.15) is 0 Å². The molecule has 2 N–H and O–H groups in total. The van der Waals surface area contributed by atoms with Crippen molar-refractivity contribution in [2.45, 2.75) is 76.9 Å². The Balaban J connectivity index is 1.22. The zero-order valence-corrected chi connectivity index (χ0v) is 24.4. The third kappa shape index (κ3) is 8.24. The Morgan fingerprint density at radius 2 is 1.69 bits per heavy atom. The highest BCUT2D eigenvalue weighted by Gasteiger charge is 2.39. The van der Waals surface area contributed by atoms with Crippen molar-refractivity contribution >= 4 is 39.1 Å². The topological polar surface area (TPSA) is 101 Å². The number of allylic oxidation sites excluding steroid dienone is 2. The number of fused-ring (bicyclic) bond motifs is 2. The summed E-state index contributed by atoms with van der Waals surface area (Å²) < 4.78 is 5.35. The number of hydrogen-bond donors (Lipinski definition) is 2. The molecule has 6 nitrogen and oxygen atoms in total. The maximum atomic E-state index is 13.2. The quantitative estimate of drug-likeness (QED) is 0.0678. The van der Waals surface area contributed by atoms with E-state index in [4.69, 9.17) is 4.74 Å². The molecule has 0 bridgehead atoms. The van der Waals surface area contributed by atoms with Gasteiger partial charge in [0.05, 0.1) is 12.2 Å². The van der Waals surface area contributed by atoms with E-state index in [9.17, 15) is 24.6 Å². The molecule has 1 saturated carbocycles. The van der Waals surface area contributed by atoms with E-state index >= 15 is 0 Å². The summed E-state index contributed by atoms with van der Waals surface area (Å²) in [4.78, 5) is 38.0. The van der Waals surface area contributed by atoms with Gasteiger partial charge in [0.25, 0.3) is 0 Å². The molecular formula is C36H42O6. The molecule has 222 valence electrons. The predicted octanol–water partition coefficient (Wildman–Crippen LogP) is 6.90. The summed E-state index contributed by atoms with van der Waals surface area (Å²) in [7, 11) is 0. The minimum Gasteiger partial charge on any atom is -0.457 e. The Morgan fingerprint density at radius 3 is 2.38 bits per heavy atom. The average molecular weight is 571 g/mol. The zero-order valence-electron chi connectivity index (χ0n) is 24.4. The Labute approximate surface area is 248 Å². The van der Waals surface area contributed by atoms with E-state index in [1.54, 1.807) is 6.08 Å². The minimum atomic E-state index is -0.723. The van der Waals surface area contributed by atoms with Gasteiger partial charge in [-0.1, -0.05) is 99.0 Å². The second-order valence-corrected chi connectivity index (χ2v) is 11.2. The van der Waals surface area contributed by atoms with Crippen molar-refractivity contribution in [3.05, 3.63) is 84.5 Å². The van der Waals surface area contributed by atoms with Gasteiger partial charge >= 0.3 is 5.97 Å². The summed E-state index contributed by atoms with van der Waals surface area (Å²) in [6, 6.07) is 17.5. The molecule has 3 aromatic rings. The lowest BCUT2D eigenvalue weighted by Crippen LogP contribution is -2.18. The van der Waals surface area contributed by atoms with Crippen LogP contribution in [-0.4, -0.2) is 46.6 Å². The minimum absolute atomic E-state index is 0.0366. The van der Waals surface area contributed by atoms with Gasteiger partial charge in [-0.25, -0.2) is 0 Å². The molecule has 1 aliphatic rings. The molecule has 3 aromatic carbocycles. The van der Waals surface area contributed by atoms with E-state index in [0.717, 1.165) is 40.8 Å². The molecule has 0 aromatic heterocycles. The SMILES string of the molecule is CCCCC[C@H](O)/C=C/[C@H]1[C@H](O)CC(=O)[C@@H]1C/C=C\CCCC(=O)OCC(=O)c1c2ccccc2cc2ccccc12. The highest BCUT2D eigenvalue weighted by Crippen LogP contribution is 2.33. The number of aliphatic hydroxyl groups excluding tert-OH is 2. The van der Waals surface area contributed by atoms with Crippen LogP contribution in [0.15, 0.2) is 78.9 Å². The lowest BCUT2D eigenvalue weighted by Gasteiger charge is -2.16. The van der Waals surface area contributed by atoms with Crippen LogP contribution in [0.1, 0.15) is 75.1 Å². The van der Waals surface area contributed by atoms with Gasteiger partial charge in [-0.05, 0) is 53.3 Å². The Hall–Kier alpha value is -3.61. The van der Waals surface area contributed by atoms with E-state index in [1.807, 2.05) is 66.8 Å². The predicted molar refractivity (Wildman–Crippen MR) is 166 cm³/mol. The number of aliphatic hydroxyl groups is 2. The fourth-order valence-electron chi connectivity index (χ4n) is 5.81. The van der Waals surface area contributed by atoms with Crippen molar-refractivity contribution in [1.29, 1.82) is 0 Å². The van der Waals surface area contributed by atoms with Crippen LogP contribution in [0.3, 0.4) is 0 Å². The van der Waals surface area contributed by atoms with E-state index in [1.165, 1.54) is 0 Å². The summed E-state index contributed by atoms with van der Waals surface area (Å²) in [5.41, 5.74) is 0.574. The highest BCUT2D eigenvalue weighted by atomic mass is 16.5. The molecule has 0 unspecified atom stereocenters. The van der Waals surface area contributed by atoms with Gasteiger partial charge in [0.1, 0.15) is 5.78 Å². The molecule has 0 aliphatic heterocycles. The smallest absolute Gasteiger partial charge is 0.306 e. The standard InChI is InChI=1S/C36H42O6/c1-2-3-6-15-27(37)20-21-31-30(32(38)23-33(31)39)18-7-4-5-8-19-35(41)42-24-34(40)36-28-16-11-9-13-25(28)22-26-14-10-12-17-29(26)36/h4,7,9-14,16-17,20-22,27,30-31,33,37,39H,2-3,5-6,8,15,18-19,23-24H2,1H3/b7-4-,21-20+/t27-,30+,31+,33+/m0/s1. The van der Waals surface area contributed by atoms with Crippen molar-refractivity contribution in [3.8, 4) is 0 Å². The van der Waals surface area contributed by atoms with Gasteiger partial charge in [-0.15, -0.1) is 0 Å². The first kappa shape index (κ1) is 31.3. The van der Waals surface area contributed by atoms with E-state index < -0.39 is 18.2 Å². The van der Waals surface area contributed by atoms with Crippen LogP contribution < -0.4 is 0 Å². The molecule has 1 fully saturated rings. The third-order valence-corrected chi connectivity index (χ3v) is 8.11. The van der Waals surface area contributed by atoms with Crippen molar-refractivity contribution in [2.75, 3.05) is 6.61 Å². The molecule has 0 radical (unpaired) electrons. The van der Waals surface area contributed by atoms with Crippen LogP contribution in [0.4, 0.5) is 0 Å². The zero-order chi connectivity index (χ0) is 29.9. The van der Waals surface area contributed by atoms with Crippen molar-refractivity contribution in [2.24, 2.45) is 11.8 Å². The second-order valence-electron chi connectivity index (χ2n) is 11.2. The summed E-state index contributed by atoms with van der Waals surface area (Å²) in [5.74, 6) is -1.21. The number of hydrogen-bond acceptors (Lipinski definition) is 6. The Kier molecular flexibility index (Phi) is 11.6. The lowest BCUT2D eigenvalue weighted by atomic mass is 9.90. The number of benzene rings is 3. The molecule has 1 aliphatic carbocycles. The number of rotatable bonds is 15. The molecule has 0 amide bonds. The van der Waals surface area contributed by atoms with Crippen LogP contribution in [0.25, 0.3) is 21.5 Å². The lowest BCUT2D eigenvalue weighted by molar-refractivity contribution is -0.142. The number of unbranched alkanes of at least 4 members (excludes halogenated alkanes) is 3. The van der Waals surface area contributed by atoms with Crippen LogP contribution >= 0.6 is 0 Å². The molecule has 0 saturated heterocycles. The first-order valence-corrected chi connectivity index (χ1v) is 15.2. The maximum absolute atomic E-state index is 13.2. The molecular weight excluding hydrogens is 528 g/mol. The number of esters is 1. The molecule has 6 heteroatoms. The fourth-order valence-corrected chi connectivity index (χ4v) is 5.81. The Morgan fingerprint density at radius 1 is 1.00 bits per heavy atom. The second kappa shape index (κ2) is 15.6. The van der Waals surface area contributed by atoms with Gasteiger partial charge in [-0.3, -0.25) is 14.4 Å². The first-order valence-electron chi connectivity index (χ1n) is 15.2. The molecule has 4 atom stereocenters. The number of carbonyl (C=O) groups excluding carboxylic acids is 3. The maximum Gasteiger partial charge on any atom is 0.306 e. The summed E-state index contributed by atoms with van der Waals surface area (Å²) in [5, 5.41) is 24.2. The highest BCUT2D eigenvalue weighted by molar-refractivity contribution is 6.19. The van der Waals surface area contributed by atoms with Gasteiger partial charge < -0.3 is 14.9 Å².